The lowest BCUT2D eigenvalue weighted by Gasteiger charge is -2.40. The van der Waals surface area contributed by atoms with Gasteiger partial charge in [-0.1, -0.05) is 84.2 Å². The van der Waals surface area contributed by atoms with Crippen LogP contribution in [0.4, 0.5) is 0 Å². The third-order valence-electron chi connectivity index (χ3n) is 9.06. The van der Waals surface area contributed by atoms with Crippen molar-refractivity contribution >= 4 is 8.32 Å². The van der Waals surface area contributed by atoms with E-state index in [1.54, 1.807) is 0 Å². The van der Waals surface area contributed by atoms with Gasteiger partial charge in [0.25, 0.3) is 0 Å². The lowest BCUT2D eigenvalue weighted by atomic mass is 9.95. The molecule has 0 radical (unpaired) electrons. The fourth-order valence-corrected chi connectivity index (χ4v) is 6.81. The number of aliphatic hydroxyl groups is 1. The maximum atomic E-state index is 10.9. The molecule has 1 fully saturated rings. The van der Waals surface area contributed by atoms with Crippen LogP contribution in [0.3, 0.4) is 0 Å². The van der Waals surface area contributed by atoms with E-state index in [1.807, 2.05) is 18.2 Å². The van der Waals surface area contributed by atoms with Gasteiger partial charge in [-0.2, -0.15) is 0 Å². The lowest BCUT2D eigenvalue weighted by molar-refractivity contribution is -0.0984. The lowest BCUT2D eigenvalue weighted by Crippen LogP contribution is -2.44. The van der Waals surface area contributed by atoms with Crippen molar-refractivity contribution in [1.82, 2.24) is 0 Å². The molecule has 0 bridgehead atoms. The van der Waals surface area contributed by atoms with Crippen LogP contribution in [-0.2, 0) is 25.2 Å². The molecular weight excluding hydrogens is 552 g/mol. The first kappa shape index (κ1) is 38.0. The highest BCUT2D eigenvalue weighted by atomic mass is 28.4. The number of benzene rings is 1. The van der Waals surface area contributed by atoms with Crippen LogP contribution in [0.15, 0.2) is 30.3 Å². The highest BCUT2D eigenvalue weighted by molar-refractivity contribution is 6.74. The monoisotopic (exact) mass is 616 g/mol. The van der Waals surface area contributed by atoms with Gasteiger partial charge in [0.05, 0.1) is 37.1 Å². The summed E-state index contributed by atoms with van der Waals surface area (Å²) in [5, 5.41) is 11.1. The van der Waals surface area contributed by atoms with Crippen molar-refractivity contribution in [2.45, 2.75) is 168 Å². The summed E-state index contributed by atoms with van der Waals surface area (Å²) in [5.74, 6) is 6.57. The number of rotatable bonds is 16. The van der Waals surface area contributed by atoms with Gasteiger partial charge in [-0.25, -0.2) is 0 Å². The van der Waals surface area contributed by atoms with Crippen molar-refractivity contribution in [3.8, 4) is 11.8 Å². The fraction of sp³-hybridized carbons (Fsp3) is 0.784. The Balaban J connectivity index is 1.86. The topological polar surface area (TPSA) is 57.2 Å². The Bertz CT molecular complexity index is 971. The molecule has 1 saturated heterocycles. The van der Waals surface area contributed by atoms with Gasteiger partial charge in [0.15, 0.2) is 8.32 Å². The molecule has 5 nitrogen and oxygen atoms in total. The van der Waals surface area contributed by atoms with Crippen molar-refractivity contribution < 1.29 is 23.7 Å². The molecule has 2 rings (SSSR count). The number of aliphatic hydroxyl groups excluding tert-OH is 1. The van der Waals surface area contributed by atoms with E-state index in [0.717, 1.165) is 38.5 Å². The van der Waals surface area contributed by atoms with Crippen molar-refractivity contribution in [1.29, 1.82) is 0 Å². The molecule has 1 aromatic rings. The number of hydrogen-bond acceptors (Lipinski definition) is 5. The normalized spacial score (nSPS) is 21.5. The zero-order valence-electron chi connectivity index (χ0n) is 29.4. The summed E-state index contributed by atoms with van der Waals surface area (Å²) in [7, 11) is -1.83. The van der Waals surface area contributed by atoms with Crippen molar-refractivity contribution in [3.63, 3.8) is 0 Å². The van der Waals surface area contributed by atoms with E-state index < -0.39 is 14.4 Å². The first-order chi connectivity index (χ1) is 20.0. The van der Waals surface area contributed by atoms with Crippen LogP contribution in [0.5, 0.6) is 0 Å². The summed E-state index contributed by atoms with van der Waals surface area (Å²) in [6.45, 7) is 25.6. The van der Waals surface area contributed by atoms with E-state index in [2.05, 4.69) is 99.4 Å². The van der Waals surface area contributed by atoms with Crippen LogP contribution in [0, 0.1) is 23.7 Å². The highest BCUT2D eigenvalue weighted by Crippen LogP contribution is 2.39. The fourth-order valence-electron chi connectivity index (χ4n) is 5.41. The number of ether oxygens (including phenoxy) is 3. The van der Waals surface area contributed by atoms with Gasteiger partial charge < -0.3 is 23.7 Å². The van der Waals surface area contributed by atoms with Crippen LogP contribution in [-0.4, -0.2) is 56.2 Å². The molecule has 0 saturated carbocycles. The molecular formula is C37H64O5Si. The minimum absolute atomic E-state index is 0.0307. The molecule has 1 aromatic carbocycles. The van der Waals surface area contributed by atoms with Crippen LogP contribution in [0.2, 0.25) is 18.1 Å². The maximum absolute atomic E-state index is 10.9. The number of hydrogen-bond donors (Lipinski definition) is 1. The van der Waals surface area contributed by atoms with Gasteiger partial charge in [0.1, 0.15) is 6.10 Å². The molecule has 0 amide bonds. The Morgan fingerprint density at radius 2 is 1.70 bits per heavy atom. The van der Waals surface area contributed by atoms with Gasteiger partial charge in [-0.3, -0.25) is 0 Å². The summed E-state index contributed by atoms with van der Waals surface area (Å²) in [5.41, 5.74) is 0.928. The average Bonchev–Trinajstić information content (AvgIpc) is 3.37. The van der Waals surface area contributed by atoms with E-state index in [4.69, 9.17) is 18.6 Å². The smallest absolute Gasteiger partial charge is 0.192 e. The second-order valence-corrected chi connectivity index (χ2v) is 20.1. The van der Waals surface area contributed by atoms with Gasteiger partial charge in [-0.05, 0) is 76.6 Å². The Hall–Kier alpha value is -1.20. The standard InChI is InChI=1S/C37H64O5Si/c1-12-18-32(42-43(10,11)37(7,8)9)25-31-23-24-35(40-31)29(3)33(38)21-16-17-22-34(41-36(4,5)6)28(2)26-39-27-30-19-14-13-15-20-30/h13-15,19-20,28-29,31-35,38H,12,17-18,22-27H2,1-11H3/t28-,29-,31-,32-,33+,34+,35+/m0/s1. The molecule has 43 heavy (non-hydrogen) atoms. The molecule has 0 aromatic heterocycles. The molecule has 0 spiro atoms. The van der Waals surface area contributed by atoms with E-state index in [0.29, 0.717) is 19.6 Å². The predicted octanol–water partition coefficient (Wildman–Crippen LogP) is 8.93. The van der Waals surface area contributed by atoms with Crippen LogP contribution in [0.1, 0.15) is 113 Å². The first-order valence-corrected chi connectivity index (χ1v) is 19.7. The molecule has 246 valence electrons. The third-order valence-corrected chi connectivity index (χ3v) is 13.6. The first-order valence-electron chi connectivity index (χ1n) is 16.8. The summed E-state index contributed by atoms with van der Waals surface area (Å²) in [4.78, 5) is 0. The quantitative estimate of drug-likeness (QED) is 0.148. The second kappa shape index (κ2) is 17.5. The third kappa shape index (κ3) is 13.8. The molecule has 1 heterocycles. The summed E-state index contributed by atoms with van der Waals surface area (Å²) in [6.07, 6.45) is 6.37. The Kier molecular flexibility index (Phi) is 15.4. The molecule has 0 unspecified atom stereocenters. The predicted molar refractivity (Wildman–Crippen MR) is 182 cm³/mol. The molecule has 1 aliphatic rings. The largest absolute Gasteiger partial charge is 0.414 e. The molecule has 6 heteroatoms. The zero-order valence-corrected chi connectivity index (χ0v) is 30.4. The second-order valence-electron chi connectivity index (χ2n) is 15.3. The van der Waals surface area contributed by atoms with Gasteiger partial charge >= 0.3 is 0 Å². The van der Waals surface area contributed by atoms with E-state index in [1.165, 1.54) is 5.56 Å². The SMILES string of the molecule is CCC[C@@H](C[C@@H]1CC[C@H]([C@@H](C)[C@H](O)C#CCC[C@@H](OC(C)(C)C)[C@@H](C)COCc2ccccc2)O1)O[Si](C)(C)C(C)(C)C. The van der Waals surface area contributed by atoms with Crippen molar-refractivity contribution in [2.24, 2.45) is 11.8 Å². The molecule has 7 atom stereocenters. The minimum Gasteiger partial charge on any atom is -0.414 e. The highest BCUT2D eigenvalue weighted by Gasteiger charge is 2.40. The van der Waals surface area contributed by atoms with Crippen LogP contribution < -0.4 is 0 Å². The van der Waals surface area contributed by atoms with Gasteiger partial charge in [-0.15, -0.1) is 5.92 Å². The van der Waals surface area contributed by atoms with E-state index in [-0.39, 0.29) is 46.9 Å². The summed E-state index contributed by atoms with van der Waals surface area (Å²) < 4.78 is 25.7. The van der Waals surface area contributed by atoms with Crippen LogP contribution >= 0.6 is 0 Å². The van der Waals surface area contributed by atoms with Gasteiger partial charge in [0.2, 0.25) is 0 Å². The summed E-state index contributed by atoms with van der Waals surface area (Å²) >= 11 is 0. The maximum Gasteiger partial charge on any atom is 0.192 e. The van der Waals surface area contributed by atoms with E-state index in [9.17, 15) is 5.11 Å². The minimum atomic E-state index is -1.83. The Morgan fingerprint density at radius 1 is 1.02 bits per heavy atom. The van der Waals surface area contributed by atoms with E-state index >= 15 is 0 Å². The Labute approximate surface area is 265 Å². The van der Waals surface area contributed by atoms with Crippen LogP contribution in [0.25, 0.3) is 0 Å². The van der Waals surface area contributed by atoms with Gasteiger partial charge in [0, 0.05) is 24.4 Å². The Morgan fingerprint density at radius 3 is 2.30 bits per heavy atom. The van der Waals surface area contributed by atoms with Crippen molar-refractivity contribution in [3.05, 3.63) is 35.9 Å². The summed E-state index contributed by atoms with van der Waals surface area (Å²) in [6, 6.07) is 10.3. The molecule has 0 aliphatic carbocycles. The zero-order chi connectivity index (χ0) is 32.3. The molecule has 1 N–H and O–H groups in total. The average molecular weight is 617 g/mol. The van der Waals surface area contributed by atoms with Crippen molar-refractivity contribution in [2.75, 3.05) is 6.61 Å². The molecule has 1 aliphatic heterocycles.